The summed E-state index contributed by atoms with van der Waals surface area (Å²) in [5, 5.41) is 0.552. The van der Waals surface area contributed by atoms with Crippen molar-refractivity contribution in [3.05, 3.63) is 34.6 Å². The first-order valence-corrected chi connectivity index (χ1v) is 6.84. The molecule has 0 heterocycles. The zero-order chi connectivity index (χ0) is 13.0. The quantitative estimate of drug-likeness (QED) is 0.909. The molecule has 18 heavy (non-hydrogen) atoms. The number of halogens is 2. The Labute approximate surface area is 112 Å². The van der Waals surface area contributed by atoms with Crippen LogP contribution >= 0.6 is 11.6 Å². The molecule has 1 aliphatic rings. The van der Waals surface area contributed by atoms with E-state index in [1.165, 1.54) is 25.0 Å². The Balaban J connectivity index is 1.95. The third-order valence-corrected chi connectivity index (χ3v) is 3.97. The van der Waals surface area contributed by atoms with Crippen molar-refractivity contribution in [3.8, 4) is 0 Å². The van der Waals surface area contributed by atoms with Gasteiger partial charge in [0.05, 0.1) is 12.7 Å². The maximum absolute atomic E-state index is 13.1. The van der Waals surface area contributed by atoms with Crippen molar-refractivity contribution in [2.24, 2.45) is 11.7 Å². The molecule has 0 radical (unpaired) electrons. The van der Waals surface area contributed by atoms with Gasteiger partial charge in [-0.3, -0.25) is 0 Å². The van der Waals surface area contributed by atoms with E-state index in [0.717, 1.165) is 12.8 Å². The lowest BCUT2D eigenvalue weighted by atomic mass is 9.86. The van der Waals surface area contributed by atoms with Crippen molar-refractivity contribution in [2.45, 2.75) is 38.4 Å². The first-order valence-electron chi connectivity index (χ1n) is 6.46. The van der Waals surface area contributed by atoms with Crippen LogP contribution in [-0.4, -0.2) is 12.6 Å². The second kappa shape index (κ2) is 6.50. The van der Waals surface area contributed by atoms with Gasteiger partial charge < -0.3 is 10.5 Å². The Morgan fingerprint density at radius 3 is 2.89 bits per heavy atom. The smallest absolute Gasteiger partial charge is 0.123 e. The second-order valence-corrected chi connectivity index (χ2v) is 5.27. The van der Waals surface area contributed by atoms with Gasteiger partial charge in [0, 0.05) is 5.02 Å². The SMILES string of the molecule is NCC1CCCCC1OCc1cc(F)ccc1Cl. The van der Waals surface area contributed by atoms with Gasteiger partial charge in [-0.1, -0.05) is 24.4 Å². The number of hydrogen-bond donors (Lipinski definition) is 1. The highest BCUT2D eigenvalue weighted by Crippen LogP contribution is 2.28. The fraction of sp³-hybridized carbons (Fsp3) is 0.571. The maximum atomic E-state index is 13.1. The van der Waals surface area contributed by atoms with E-state index in [2.05, 4.69) is 0 Å². The highest BCUT2D eigenvalue weighted by Gasteiger charge is 2.24. The summed E-state index contributed by atoms with van der Waals surface area (Å²) in [7, 11) is 0. The van der Waals surface area contributed by atoms with Crippen LogP contribution in [0.3, 0.4) is 0 Å². The van der Waals surface area contributed by atoms with Crippen LogP contribution in [-0.2, 0) is 11.3 Å². The van der Waals surface area contributed by atoms with Crippen molar-refractivity contribution in [2.75, 3.05) is 6.54 Å². The normalized spacial score (nSPS) is 24.2. The molecule has 1 aliphatic carbocycles. The fourth-order valence-corrected chi connectivity index (χ4v) is 2.69. The Bertz CT molecular complexity index is 399. The molecule has 4 heteroatoms. The predicted octanol–water partition coefficient (Wildman–Crippen LogP) is 3.51. The molecular weight excluding hydrogens is 253 g/mol. The van der Waals surface area contributed by atoms with E-state index in [1.54, 1.807) is 6.07 Å². The van der Waals surface area contributed by atoms with E-state index in [-0.39, 0.29) is 11.9 Å². The molecular formula is C14H19ClFNO. The number of rotatable bonds is 4. The van der Waals surface area contributed by atoms with Crippen molar-refractivity contribution in [3.63, 3.8) is 0 Å². The number of nitrogens with two attached hydrogens (primary N) is 1. The molecule has 2 rings (SSSR count). The zero-order valence-electron chi connectivity index (χ0n) is 10.4. The van der Waals surface area contributed by atoms with Gasteiger partial charge in [-0.2, -0.15) is 0 Å². The predicted molar refractivity (Wildman–Crippen MR) is 71.0 cm³/mol. The lowest BCUT2D eigenvalue weighted by Crippen LogP contribution is -2.33. The molecule has 0 spiro atoms. The molecule has 2 N–H and O–H groups in total. The molecule has 100 valence electrons. The molecule has 1 aromatic rings. The third-order valence-electron chi connectivity index (χ3n) is 3.60. The van der Waals surface area contributed by atoms with Crippen molar-refractivity contribution >= 4 is 11.6 Å². The molecule has 0 amide bonds. The monoisotopic (exact) mass is 271 g/mol. The van der Waals surface area contributed by atoms with E-state index in [9.17, 15) is 4.39 Å². The summed E-state index contributed by atoms with van der Waals surface area (Å²) in [5.41, 5.74) is 6.46. The first-order chi connectivity index (χ1) is 8.70. The maximum Gasteiger partial charge on any atom is 0.123 e. The topological polar surface area (TPSA) is 35.2 Å². The summed E-state index contributed by atoms with van der Waals surface area (Å²) in [6.07, 6.45) is 4.75. The average molecular weight is 272 g/mol. The van der Waals surface area contributed by atoms with Crippen LogP contribution in [0.5, 0.6) is 0 Å². The van der Waals surface area contributed by atoms with E-state index in [0.29, 0.717) is 29.7 Å². The molecule has 1 fully saturated rings. The molecule has 2 nitrogen and oxygen atoms in total. The Morgan fingerprint density at radius 1 is 1.33 bits per heavy atom. The average Bonchev–Trinajstić information content (AvgIpc) is 2.40. The van der Waals surface area contributed by atoms with Gasteiger partial charge >= 0.3 is 0 Å². The van der Waals surface area contributed by atoms with Gasteiger partial charge in [-0.25, -0.2) is 4.39 Å². The molecule has 0 bridgehead atoms. The highest BCUT2D eigenvalue weighted by molar-refractivity contribution is 6.31. The first kappa shape index (κ1) is 13.8. The lowest BCUT2D eigenvalue weighted by Gasteiger charge is -2.30. The van der Waals surface area contributed by atoms with Crippen molar-refractivity contribution < 1.29 is 9.13 Å². The zero-order valence-corrected chi connectivity index (χ0v) is 11.1. The number of benzene rings is 1. The summed E-state index contributed by atoms with van der Waals surface area (Å²) in [6.45, 7) is 1.01. The van der Waals surface area contributed by atoms with Gasteiger partial charge in [-0.05, 0) is 49.1 Å². The molecule has 2 unspecified atom stereocenters. The standard InChI is InChI=1S/C14H19ClFNO/c15-13-6-5-12(16)7-11(13)9-18-14-4-2-1-3-10(14)8-17/h5-7,10,14H,1-4,8-9,17H2. The highest BCUT2D eigenvalue weighted by atomic mass is 35.5. The number of hydrogen-bond acceptors (Lipinski definition) is 2. The van der Waals surface area contributed by atoms with Crippen molar-refractivity contribution in [1.82, 2.24) is 0 Å². The Kier molecular flexibility index (Phi) is 4.98. The lowest BCUT2D eigenvalue weighted by molar-refractivity contribution is -0.0183. The Hall–Kier alpha value is -0.640. The molecule has 0 aliphatic heterocycles. The molecule has 1 saturated carbocycles. The summed E-state index contributed by atoms with van der Waals surface area (Å²) < 4.78 is 19.0. The minimum absolute atomic E-state index is 0.183. The van der Waals surface area contributed by atoms with Crippen LogP contribution in [0.4, 0.5) is 4.39 Å². The summed E-state index contributed by atoms with van der Waals surface area (Å²) in [4.78, 5) is 0. The van der Waals surface area contributed by atoms with Gasteiger partial charge in [0.1, 0.15) is 5.82 Å². The van der Waals surface area contributed by atoms with Crippen LogP contribution in [0.1, 0.15) is 31.2 Å². The van der Waals surface area contributed by atoms with Gasteiger partial charge in [-0.15, -0.1) is 0 Å². The largest absolute Gasteiger partial charge is 0.373 e. The second-order valence-electron chi connectivity index (χ2n) is 4.87. The van der Waals surface area contributed by atoms with Gasteiger partial charge in [0.25, 0.3) is 0 Å². The molecule has 0 aromatic heterocycles. The minimum atomic E-state index is -0.281. The van der Waals surface area contributed by atoms with Crippen molar-refractivity contribution in [1.29, 1.82) is 0 Å². The van der Waals surface area contributed by atoms with Gasteiger partial charge in [0.2, 0.25) is 0 Å². The summed E-state index contributed by atoms with van der Waals surface area (Å²) in [6, 6.07) is 4.36. The van der Waals surface area contributed by atoms with Gasteiger partial charge in [0.15, 0.2) is 0 Å². The van der Waals surface area contributed by atoms with Crippen LogP contribution in [0.15, 0.2) is 18.2 Å². The summed E-state index contributed by atoms with van der Waals surface area (Å²) >= 11 is 6.01. The molecule has 2 atom stereocenters. The fourth-order valence-electron chi connectivity index (χ4n) is 2.51. The van der Waals surface area contributed by atoms with Crippen LogP contribution in [0.25, 0.3) is 0 Å². The molecule has 0 saturated heterocycles. The third kappa shape index (κ3) is 3.44. The molecule has 1 aromatic carbocycles. The van der Waals surface area contributed by atoms with Crippen LogP contribution in [0, 0.1) is 11.7 Å². The van der Waals surface area contributed by atoms with E-state index >= 15 is 0 Å². The van der Waals surface area contributed by atoms with Crippen LogP contribution in [0.2, 0.25) is 5.02 Å². The van der Waals surface area contributed by atoms with Crippen LogP contribution < -0.4 is 5.73 Å². The Morgan fingerprint density at radius 2 is 2.11 bits per heavy atom. The summed E-state index contributed by atoms with van der Waals surface area (Å²) in [5.74, 6) is 0.142. The van der Waals surface area contributed by atoms with E-state index in [4.69, 9.17) is 22.1 Å². The van der Waals surface area contributed by atoms with E-state index < -0.39 is 0 Å². The minimum Gasteiger partial charge on any atom is -0.373 e. The van der Waals surface area contributed by atoms with E-state index in [1.807, 2.05) is 0 Å². The number of ether oxygens (including phenoxy) is 1.